The fourth-order valence-electron chi connectivity index (χ4n) is 4.14. The number of aromatic amines is 1. The molecule has 1 fully saturated rings. The highest BCUT2D eigenvalue weighted by Crippen LogP contribution is 2.51. The zero-order valence-electron chi connectivity index (χ0n) is 16.1. The van der Waals surface area contributed by atoms with E-state index in [9.17, 15) is 9.59 Å². The number of H-pyrrole nitrogens is 1. The van der Waals surface area contributed by atoms with Gasteiger partial charge in [0.2, 0.25) is 6.79 Å². The molecular weight excluding hydrogens is 370 g/mol. The number of ketones is 1. The Morgan fingerprint density at radius 1 is 1.14 bits per heavy atom. The number of nitrogens with one attached hydrogen (secondary N) is 1. The zero-order chi connectivity index (χ0) is 20.0. The van der Waals surface area contributed by atoms with E-state index in [1.165, 1.54) is 0 Å². The molecule has 0 unspecified atom stereocenters. The highest BCUT2D eigenvalue weighted by molar-refractivity contribution is 6.06. The fourth-order valence-corrected chi connectivity index (χ4v) is 4.14. The maximum absolute atomic E-state index is 13.4. The van der Waals surface area contributed by atoms with Gasteiger partial charge in [-0.05, 0) is 49.1 Å². The van der Waals surface area contributed by atoms with E-state index in [4.69, 9.17) is 14.2 Å². The van der Waals surface area contributed by atoms with Crippen LogP contribution in [0, 0.1) is 0 Å². The highest BCUT2D eigenvalue weighted by Gasteiger charge is 2.51. The molecular formula is C23H23NO5. The SMILES string of the molecule is CCOC(=O)c1c(CC(=O)C2(c3ccc4c(c3)OCO4)CC2)ccc2cc[nH]c12.[HH]. The van der Waals surface area contributed by atoms with Crippen molar-refractivity contribution < 1.29 is 25.2 Å². The minimum Gasteiger partial charge on any atom is -0.462 e. The molecule has 1 aromatic heterocycles. The molecule has 29 heavy (non-hydrogen) atoms. The molecule has 3 aromatic rings. The van der Waals surface area contributed by atoms with Gasteiger partial charge < -0.3 is 19.2 Å². The number of hydrogen-bond donors (Lipinski definition) is 1. The van der Waals surface area contributed by atoms with E-state index in [2.05, 4.69) is 4.98 Å². The topological polar surface area (TPSA) is 77.6 Å². The molecule has 0 bridgehead atoms. The van der Waals surface area contributed by atoms with Crippen LogP contribution in [0.2, 0.25) is 0 Å². The Kier molecular flexibility index (Phi) is 4.08. The first-order chi connectivity index (χ1) is 14.1. The zero-order valence-corrected chi connectivity index (χ0v) is 16.1. The second-order valence-corrected chi connectivity index (χ2v) is 7.51. The Balaban J connectivity index is 0.00000218. The molecule has 150 valence electrons. The van der Waals surface area contributed by atoms with Gasteiger partial charge in [-0.1, -0.05) is 18.2 Å². The summed E-state index contributed by atoms with van der Waals surface area (Å²) in [6.07, 6.45) is 3.56. The molecule has 1 saturated carbocycles. The Labute approximate surface area is 169 Å². The Morgan fingerprint density at radius 3 is 2.76 bits per heavy atom. The first-order valence-electron chi connectivity index (χ1n) is 9.82. The molecule has 1 aliphatic heterocycles. The number of carbonyl (C=O) groups is 2. The maximum Gasteiger partial charge on any atom is 0.340 e. The Morgan fingerprint density at radius 2 is 1.97 bits per heavy atom. The minimum absolute atomic E-state index is 0. The van der Waals surface area contributed by atoms with Crippen LogP contribution >= 0.6 is 0 Å². The average Bonchev–Trinajstić information content (AvgIpc) is 3.17. The van der Waals surface area contributed by atoms with E-state index < -0.39 is 11.4 Å². The molecule has 2 heterocycles. The summed E-state index contributed by atoms with van der Waals surface area (Å²) in [4.78, 5) is 29.1. The van der Waals surface area contributed by atoms with E-state index in [1.807, 2.05) is 36.4 Å². The summed E-state index contributed by atoms with van der Waals surface area (Å²) >= 11 is 0. The standard InChI is InChI=1S/C23H21NO5.H2/c1-2-27-22(26)20-15(4-3-14-7-10-24-21(14)20)11-19(25)23(8-9-23)16-5-6-17-18(12-16)29-13-28-17;/h3-7,10,12,24H,2,8-9,11,13H2,1H3;1H. The van der Waals surface area contributed by atoms with Crippen molar-refractivity contribution in [2.24, 2.45) is 0 Å². The third-order valence-corrected chi connectivity index (χ3v) is 5.85. The summed E-state index contributed by atoms with van der Waals surface area (Å²) in [6.45, 7) is 2.26. The van der Waals surface area contributed by atoms with Gasteiger partial charge in [0, 0.05) is 19.4 Å². The lowest BCUT2D eigenvalue weighted by atomic mass is 9.86. The number of aromatic nitrogens is 1. The summed E-state index contributed by atoms with van der Waals surface area (Å²) < 4.78 is 16.1. The van der Waals surface area contributed by atoms with Crippen LogP contribution < -0.4 is 9.47 Å². The molecule has 0 atom stereocenters. The van der Waals surface area contributed by atoms with Crippen molar-refractivity contribution in [1.29, 1.82) is 0 Å². The van der Waals surface area contributed by atoms with Gasteiger partial charge in [0.25, 0.3) is 0 Å². The first-order valence-corrected chi connectivity index (χ1v) is 9.82. The van der Waals surface area contributed by atoms with Crippen molar-refractivity contribution >= 4 is 22.7 Å². The van der Waals surface area contributed by atoms with Gasteiger partial charge >= 0.3 is 5.97 Å². The van der Waals surface area contributed by atoms with Crippen LogP contribution in [0.25, 0.3) is 10.9 Å². The summed E-state index contributed by atoms with van der Waals surface area (Å²) in [5.41, 5.74) is 2.28. The van der Waals surface area contributed by atoms with Crippen molar-refractivity contribution in [2.45, 2.75) is 31.6 Å². The van der Waals surface area contributed by atoms with Crippen LogP contribution in [0.4, 0.5) is 0 Å². The van der Waals surface area contributed by atoms with Gasteiger partial charge in [-0.2, -0.15) is 0 Å². The minimum atomic E-state index is -0.516. The molecule has 0 saturated heterocycles. The Bertz CT molecular complexity index is 1130. The van der Waals surface area contributed by atoms with E-state index in [-0.39, 0.29) is 27.0 Å². The van der Waals surface area contributed by atoms with E-state index in [1.54, 1.807) is 13.1 Å². The predicted octanol–water partition coefficient (Wildman–Crippen LogP) is 4.16. The smallest absolute Gasteiger partial charge is 0.340 e. The molecule has 1 aliphatic carbocycles. The number of rotatable bonds is 6. The second-order valence-electron chi connectivity index (χ2n) is 7.51. The van der Waals surface area contributed by atoms with E-state index in [0.717, 1.165) is 23.8 Å². The number of carbonyl (C=O) groups excluding carboxylic acids is 2. The number of ether oxygens (including phenoxy) is 3. The summed E-state index contributed by atoms with van der Waals surface area (Å²) in [5, 5.41) is 0.918. The van der Waals surface area contributed by atoms with Crippen LogP contribution in [0.15, 0.2) is 42.6 Å². The van der Waals surface area contributed by atoms with Gasteiger partial charge in [-0.25, -0.2) is 4.79 Å². The van der Waals surface area contributed by atoms with Crippen LogP contribution in [0.1, 0.15) is 42.7 Å². The third kappa shape index (κ3) is 2.87. The lowest BCUT2D eigenvalue weighted by Gasteiger charge is -2.17. The van der Waals surface area contributed by atoms with E-state index in [0.29, 0.717) is 28.1 Å². The largest absolute Gasteiger partial charge is 0.462 e. The summed E-state index contributed by atoms with van der Waals surface area (Å²) in [7, 11) is 0. The fraction of sp³-hybridized carbons (Fsp3) is 0.304. The summed E-state index contributed by atoms with van der Waals surface area (Å²) in [6, 6.07) is 11.4. The molecule has 5 rings (SSSR count). The lowest BCUT2D eigenvalue weighted by molar-refractivity contribution is -0.120. The van der Waals surface area contributed by atoms with Crippen molar-refractivity contribution in [1.82, 2.24) is 4.98 Å². The molecule has 6 heteroatoms. The van der Waals surface area contributed by atoms with Crippen LogP contribution in [0.3, 0.4) is 0 Å². The highest BCUT2D eigenvalue weighted by atomic mass is 16.7. The predicted molar refractivity (Wildman–Crippen MR) is 109 cm³/mol. The number of Topliss-reactive ketones (excluding diaryl/α,β-unsaturated/α-hetero) is 1. The average molecular weight is 393 g/mol. The van der Waals surface area contributed by atoms with Gasteiger partial charge in [-0.3, -0.25) is 4.79 Å². The second kappa shape index (κ2) is 6.65. The Hall–Kier alpha value is -3.28. The van der Waals surface area contributed by atoms with Crippen LogP contribution in [-0.4, -0.2) is 30.1 Å². The normalized spacial score (nSPS) is 16.0. The molecule has 2 aromatic carbocycles. The van der Waals surface area contributed by atoms with Crippen LogP contribution in [-0.2, 0) is 21.4 Å². The number of esters is 1. The van der Waals surface area contributed by atoms with Crippen molar-refractivity contribution in [3.05, 3.63) is 59.3 Å². The number of fused-ring (bicyclic) bond motifs is 2. The van der Waals surface area contributed by atoms with Crippen molar-refractivity contribution in [3.63, 3.8) is 0 Å². The first kappa shape index (κ1) is 17.8. The van der Waals surface area contributed by atoms with Crippen LogP contribution in [0.5, 0.6) is 11.5 Å². The monoisotopic (exact) mass is 393 g/mol. The number of benzene rings is 2. The number of hydrogen-bond acceptors (Lipinski definition) is 5. The van der Waals surface area contributed by atoms with Gasteiger partial charge in [0.1, 0.15) is 5.78 Å². The van der Waals surface area contributed by atoms with E-state index >= 15 is 0 Å². The quantitative estimate of drug-likeness (QED) is 0.636. The molecule has 0 amide bonds. The van der Waals surface area contributed by atoms with Crippen molar-refractivity contribution in [3.8, 4) is 11.5 Å². The lowest BCUT2D eigenvalue weighted by Crippen LogP contribution is -2.23. The van der Waals surface area contributed by atoms with Gasteiger partial charge in [-0.15, -0.1) is 0 Å². The third-order valence-electron chi connectivity index (χ3n) is 5.85. The van der Waals surface area contributed by atoms with Gasteiger partial charge in [0.15, 0.2) is 11.5 Å². The summed E-state index contributed by atoms with van der Waals surface area (Å²) in [5.74, 6) is 1.09. The molecule has 6 nitrogen and oxygen atoms in total. The molecule has 0 radical (unpaired) electrons. The van der Waals surface area contributed by atoms with Gasteiger partial charge in [0.05, 0.1) is 23.1 Å². The van der Waals surface area contributed by atoms with Crippen molar-refractivity contribution in [2.75, 3.05) is 13.4 Å². The molecule has 0 spiro atoms. The molecule has 1 N–H and O–H groups in total. The molecule has 2 aliphatic rings. The maximum atomic E-state index is 13.4.